The van der Waals surface area contributed by atoms with E-state index in [0.29, 0.717) is 6.42 Å². The molecule has 0 aromatic heterocycles. The third kappa shape index (κ3) is 5.81. The van der Waals surface area contributed by atoms with Gasteiger partial charge in [0.05, 0.1) is 0 Å². The first kappa shape index (κ1) is 8.93. The minimum absolute atomic E-state index is 0.572. The molecule has 9 heavy (non-hydrogen) atoms. The quantitative estimate of drug-likeness (QED) is 0.537. The van der Waals surface area contributed by atoms with Gasteiger partial charge in [-0.3, -0.25) is 0 Å². The molecule has 0 spiro atoms. The maximum Gasteiger partial charge on any atom is 0.100 e. The van der Waals surface area contributed by atoms with Crippen LogP contribution < -0.4 is 0 Å². The van der Waals surface area contributed by atoms with Crippen LogP contribution in [0.5, 0.6) is 0 Å². The zero-order chi connectivity index (χ0) is 7.11. The molecule has 1 unspecified atom stereocenters. The highest BCUT2D eigenvalue weighted by Crippen LogP contribution is 2.09. The molecular weight excluding hydrogens is 115 g/mol. The Balaban J connectivity index is 2.95. The summed E-state index contributed by atoms with van der Waals surface area (Å²) in [5.41, 5.74) is 0. The van der Waals surface area contributed by atoms with E-state index in [4.69, 9.17) is 0 Å². The van der Waals surface area contributed by atoms with E-state index in [1.165, 1.54) is 0 Å². The third-order valence-corrected chi connectivity index (χ3v) is 1.37. The summed E-state index contributed by atoms with van der Waals surface area (Å²) in [6, 6.07) is 0. The fourth-order valence-electron chi connectivity index (χ4n) is 0.823. The Labute approximate surface area is 57.5 Å². The van der Waals surface area contributed by atoms with E-state index in [-0.39, 0.29) is 0 Å². The van der Waals surface area contributed by atoms with E-state index in [0.717, 1.165) is 25.7 Å². The van der Waals surface area contributed by atoms with Crippen molar-refractivity contribution in [3.8, 4) is 0 Å². The van der Waals surface area contributed by atoms with Crippen LogP contribution in [0.4, 0.5) is 4.39 Å². The number of hydrogen-bond donors (Lipinski definition) is 0. The Bertz CT molecular complexity index is 52.5. The van der Waals surface area contributed by atoms with Crippen molar-refractivity contribution in [2.45, 2.75) is 45.2 Å². The van der Waals surface area contributed by atoms with Crippen LogP contribution in [-0.2, 0) is 0 Å². The van der Waals surface area contributed by atoms with Gasteiger partial charge in [0.25, 0.3) is 0 Å². The standard InChI is InChI=1S/C8H16F/c1-3-5-7-8(9)6-4-2/h8H,1,3-7H2,2H3. The Kier molecular flexibility index (Phi) is 6.01. The fourth-order valence-corrected chi connectivity index (χ4v) is 0.823. The molecule has 55 valence electrons. The Morgan fingerprint density at radius 1 is 1.44 bits per heavy atom. The lowest BCUT2D eigenvalue weighted by molar-refractivity contribution is 0.289. The van der Waals surface area contributed by atoms with Crippen LogP contribution in [0.3, 0.4) is 0 Å². The average Bonchev–Trinajstić information content (AvgIpc) is 1.85. The lowest BCUT2D eigenvalue weighted by Gasteiger charge is -2.03. The molecule has 0 nitrogen and oxygen atoms in total. The predicted octanol–water partition coefficient (Wildman–Crippen LogP) is 3.13. The molecule has 1 heteroatoms. The van der Waals surface area contributed by atoms with Gasteiger partial charge in [-0.2, -0.15) is 0 Å². The molecule has 1 radical (unpaired) electrons. The smallest absolute Gasteiger partial charge is 0.100 e. The van der Waals surface area contributed by atoms with Crippen molar-refractivity contribution in [2.24, 2.45) is 0 Å². The van der Waals surface area contributed by atoms with Crippen molar-refractivity contribution in [1.29, 1.82) is 0 Å². The molecule has 0 bridgehead atoms. The van der Waals surface area contributed by atoms with Crippen LogP contribution in [0.2, 0.25) is 0 Å². The van der Waals surface area contributed by atoms with E-state index < -0.39 is 6.17 Å². The summed E-state index contributed by atoms with van der Waals surface area (Å²) in [5.74, 6) is 0. The summed E-state index contributed by atoms with van der Waals surface area (Å²) in [4.78, 5) is 0. The Hall–Kier alpha value is -0.0700. The largest absolute Gasteiger partial charge is 0.247 e. The van der Waals surface area contributed by atoms with Gasteiger partial charge >= 0.3 is 0 Å². The maximum atomic E-state index is 12.6. The number of rotatable bonds is 5. The first-order valence-corrected chi connectivity index (χ1v) is 3.74. The molecule has 0 aliphatic carbocycles. The van der Waals surface area contributed by atoms with Crippen molar-refractivity contribution in [2.75, 3.05) is 0 Å². The zero-order valence-electron chi connectivity index (χ0n) is 6.20. The van der Waals surface area contributed by atoms with Crippen molar-refractivity contribution in [1.82, 2.24) is 0 Å². The average molecular weight is 131 g/mol. The predicted molar refractivity (Wildman–Crippen MR) is 39.0 cm³/mol. The molecule has 0 aliphatic heterocycles. The highest BCUT2D eigenvalue weighted by Gasteiger charge is 2.01. The first-order valence-electron chi connectivity index (χ1n) is 3.74. The summed E-state index contributed by atoms with van der Waals surface area (Å²) in [6.07, 6.45) is 3.61. The summed E-state index contributed by atoms with van der Waals surface area (Å²) >= 11 is 0. The molecule has 0 heterocycles. The van der Waals surface area contributed by atoms with E-state index in [2.05, 4.69) is 6.92 Å². The minimum atomic E-state index is -0.572. The number of unbranched alkanes of at least 4 members (excludes halogenated alkanes) is 1. The Morgan fingerprint density at radius 2 is 2.11 bits per heavy atom. The summed E-state index contributed by atoms with van der Waals surface area (Å²) < 4.78 is 12.6. The molecule has 0 aromatic carbocycles. The van der Waals surface area contributed by atoms with Crippen molar-refractivity contribution < 1.29 is 4.39 Å². The molecule has 0 saturated carbocycles. The molecule has 0 aromatic rings. The van der Waals surface area contributed by atoms with Gasteiger partial charge in [0.15, 0.2) is 0 Å². The lowest BCUT2D eigenvalue weighted by Crippen LogP contribution is -1.97. The highest BCUT2D eigenvalue weighted by atomic mass is 19.1. The van der Waals surface area contributed by atoms with Gasteiger partial charge in [-0.25, -0.2) is 4.39 Å². The molecule has 0 amide bonds. The second kappa shape index (κ2) is 6.06. The van der Waals surface area contributed by atoms with Crippen LogP contribution in [0, 0.1) is 6.92 Å². The monoisotopic (exact) mass is 131 g/mol. The normalized spacial score (nSPS) is 13.7. The van der Waals surface area contributed by atoms with Gasteiger partial charge < -0.3 is 0 Å². The van der Waals surface area contributed by atoms with Crippen LogP contribution in [0.1, 0.15) is 39.0 Å². The van der Waals surface area contributed by atoms with Gasteiger partial charge in [0, 0.05) is 0 Å². The molecule has 0 fully saturated rings. The second-order valence-electron chi connectivity index (χ2n) is 2.38. The molecular formula is C8H16F. The maximum absolute atomic E-state index is 12.6. The lowest BCUT2D eigenvalue weighted by atomic mass is 10.1. The van der Waals surface area contributed by atoms with Gasteiger partial charge in [0.1, 0.15) is 6.17 Å². The summed E-state index contributed by atoms with van der Waals surface area (Å²) in [7, 11) is 0. The van der Waals surface area contributed by atoms with Crippen LogP contribution in [0.15, 0.2) is 0 Å². The van der Waals surface area contributed by atoms with Gasteiger partial charge in [-0.1, -0.05) is 33.1 Å². The van der Waals surface area contributed by atoms with Crippen LogP contribution >= 0.6 is 0 Å². The van der Waals surface area contributed by atoms with Crippen LogP contribution in [-0.4, -0.2) is 6.17 Å². The highest BCUT2D eigenvalue weighted by molar-refractivity contribution is 4.55. The van der Waals surface area contributed by atoms with Crippen molar-refractivity contribution >= 4 is 0 Å². The topological polar surface area (TPSA) is 0 Å². The number of alkyl halides is 1. The van der Waals surface area contributed by atoms with Crippen molar-refractivity contribution in [3.63, 3.8) is 0 Å². The van der Waals surface area contributed by atoms with E-state index in [1.807, 2.05) is 6.92 Å². The zero-order valence-corrected chi connectivity index (χ0v) is 6.20. The first-order chi connectivity index (χ1) is 4.31. The van der Waals surface area contributed by atoms with E-state index in [1.54, 1.807) is 0 Å². The van der Waals surface area contributed by atoms with E-state index >= 15 is 0 Å². The van der Waals surface area contributed by atoms with Crippen LogP contribution in [0.25, 0.3) is 0 Å². The Morgan fingerprint density at radius 3 is 2.56 bits per heavy atom. The molecule has 1 atom stereocenters. The number of hydrogen-bond acceptors (Lipinski definition) is 0. The van der Waals surface area contributed by atoms with Gasteiger partial charge in [0.2, 0.25) is 0 Å². The third-order valence-electron chi connectivity index (χ3n) is 1.37. The second-order valence-corrected chi connectivity index (χ2v) is 2.38. The number of halogens is 1. The SMILES string of the molecule is [CH2]CCCC(F)CCC. The van der Waals surface area contributed by atoms with Crippen molar-refractivity contribution in [3.05, 3.63) is 6.92 Å². The van der Waals surface area contributed by atoms with Gasteiger partial charge in [-0.05, 0) is 12.8 Å². The molecule has 0 rings (SSSR count). The van der Waals surface area contributed by atoms with E-state index in [9.17, 15) is 4.39 Å². The summed E-state index contributed by atoms with van der Waals surface area (Å²) in [5, 5.41) is 0. The molecule has 0 aliphatic rings. The van der Waals surface area contributed by atoms with Gasteiger partial charge in [-0.15, -0.1) is 0 Å². The fraction of sp³-hybridized carbons (Fsp3) is 0.875. The minimum Gasteiger partial charge on any atom is -0.247 e. The molecule has 0 N–H and O–H groups in total. The molecule has 0 saturated heterocycles. The summed E-state index contributed by atoms with van der Waals surface area (Å²) in [6.45, 7) is 5.66.